The van der Waals surface area contributed by atoms with Gasteiger partial charge in [-0.15, -0.1) is 11.3 Å². The van der Waals surface area contributed by atoms with E-state index in [1.807, 2.05) is 6.07 Å². The lowest BCUT2D eigenvalue weighted by atomic mass is 9.96. The van der Waals surface area contributed by atoms with Crippen LogP contribution in [0.4, 0.5) is 5.00 Å². The molecule has 0 fully saturated rings. The Morgan fingerprint density at radius 1 is 1.12 bits per heavy atom. The summed E-state index contributed by atoms with van der Waals surface area (Å²) < 4.78 is 5.68. The van der Waals surface area contributed by atoms with Gasteiger partial charge in [-0.25, -0.2) is 4.79 Å². The van der Waals surface area contributed by atoms with Crippen molar-refractivity contribution < 1.29 is 19.1 Å². The Balaban J connectivity index is 1.59. The number of thiophene rings is 1. The molecule has 0 unspecified atom stereocenters. The summed E-state index contributed by atoms with van der Waals surface area (Å²) >= 11 is 1.38. The summed E-state index contributed by atoms with van der Waals surface area (Å²) in [5.74, 6) is -1.17. The number of aryl methyl sites for hydroxylation is 1. The molecule has 1 aromatic carbocycles. The minimum atomic E-state index is -1.09. The molecule has 158 valence electrons. The first kappa shape index (κ1) is 21.1. The van der Waals surface area contributed by atoms with Crippen LogP contribution in [-0.4, -0.2) is 17.0 Å². The Morgan fingerprint density at radius 2 is 1.91 bits per heavy atom. The molecule has 1 amide bonds. The van der Waals surface area contributed by atoms with E-state index in [9.17, 15) is 25.2 Å². The molecule has 2 heterocycles. The highest BCUT2D eigenvalue weighted by Gasteiger charge is 2.23. The van der Waals surface area contributed by atoms with Crippen LogP contribution in [0.25, 0.3) is 17.4 Å². The van der Waals surface area contributed by atoms with E-state index in [0.717, 1.165) is 36.1 Å². The Hall–Kier alpha value is -4.14. The van der Waals surface area contributed by atoms with Gasteiger partial charge in [-0.2, -0.15) is 10.5 Å². The number of amides is 1. The third-order valence-corrected chi connectivity index (χ3v) is 6.42. The monoisotopic (exact) mass is 443 g/mol. The number of nitriles is 2. The molecular weight excluding hydrogens is 426 g/mol. The fraction of sp³-hybridized carbons (Fsp3) is 0.167. The lowest BCUT2D eigenvalue weighted by Gasteiger charge is -2.09. The molecule has 0 radical (unpaired) electrons. The number of nitrogens with one attached hydrogen (secondary N) is 1. The maximum Gasteiger partial charge on any atom is 0.336 e. The number of hydrogen-bond donors (Lipinski definition) is 2. The fourth-order valence-electron chi connectivity index (χ4n) is 3.69. The number of nitrogens with zero attached hydrogens (tertiary/aromatic N) is 2. The van der Waals surface area contributed by atoms with Crippen LogP contribution < -0.4 is 5.32 Å². The van der Waals surface area contributed by atoms with Gasteiger partial charge in [0.05, 0.1) is 11.1 Å². The van der Waals surface area contributed by atoms with Crippen molar-refractivity contribution in [3.63, 3.8) is 0 Å². The van der Waals surface area contributed by atoms with Gasteiger partial charge in [0.2, 0.25) is 0 Å². The minimum absolute atomic E-state index is 0.0846. The van der Waals surface area contributed by atoms with Crippen molar-refractivity contribution >= 4 is 34.3 Å². The molecule has 2 N–H and O–H groups in total. The molecule has 0 spiro atoms. The number of benzene rings is 1. The van der Waals surface area contributed by atoms with E-state index in [0.29, 0.717) is 21.9 Å². The van der Waals surface area contributed by atoms with Crippen LogP contribution in [-0.2, 0) is 17.6 Å². The number of rotatable bonds is 5. The standard InChI is InChI=1S/C24H17N3O4S/c25-12-14(22(28)27-23-19(13-26)17-6-3-4-8-21(17)32-23)11-15-9-10-20(31-15)16-5-1-2-7-18(16)24(29)30/h1-2,5,7,9-11H,3-4,6,8H2,(H,27,28)(H,29,30)/b14-11+. The van der Waals surface area contributed by atoms with Crippen molar-refractivity contribution in [1.82, 2.24) is 0 Å². The van der Waals surface area contributed by atoms with Gasteiger partial charge in [0, 0.05) is 16.5 Å². The summed E-state index contributed by atoms with van der Waals surface area (Å²) in [7, 11) is 0. The number of anilines is 1. The van der Waals surface area contributed by atoms with Gasteiger partial charge in [0.25, 0.3) is 5.91 Å². The van der Waals surface area contributed by atoms with Gasteiger partial charge in [-0.1, -0.05) is 18.2 Å². The lowest BCUT2D eigenvalue weighted by molar-refractivity contribution is -0.112. The second-order valence-electron chi connectivity index (χ2n) is 7.20. The quantitative estimate of drug-likeness (QED) is 0.422. The highest BCUT2D eigenvalue weighted by Crippen LogP contribution is 2.37. The van der Waals surface area contributed by atoms with Gasteiger partial charge in [0.15, 0.2) is 0 Å². The first-order chi connectivity index (χ1) is 15.5. The molecule has 3 aromatic rings. The largest absolute Gasteiger partial charge is 0.478 e. The number of carboxylic acids is 1. The smallest absolute Gasteiger partial charge is 0.336 e. The predicted octanol–water partition coefficient (Wildman–Crippen LogP) is 5.00. The van der Waals surface area contributed by atoms with E-state index in [-0.39, 0.29) is 16.9 Å². The zero-order valence-corrected chi connectivity index (χ0v) is 17.7. The number of fused-ring (bicyclic) bond motifs is 1. The van der Waals surface area contributed by atoms with E-state index in [1.54, 1.807) is 30.3 Å². The van der Waals surface area contributed by atoms with Crippen molar-refractivity contribution in [1.29, 1.82) is 10.5 Å². The Labute approximate surface area is 187 Å². The molecule has 4 rings (SSSR count). The van der Waals surface area contributed by atoms with Gasteiger partial charge < -0.3 is 14.8 Å². The summed E-state index contributed by atoms with van der Waals surface area (Å²) in [6.07, 6.45) is 5.07. The summed E-state index contributed by atoms with van der Waals surface area (Å²) in [6, 6.07) is 13.6. The molecule has 32 heavy (non-hydrogen) atoms. The molecule has 2 aromatic heterocycles. The van der Waals surface area contributed by atoms with E-state index in [4.69, 9.17) is 4.42 Å². The number of furan rings is 1. The molecule has 0 bridgehead atoms. The van der Waals surface area contributed by atoms with Crippen molar-refractivity contribution in [3.05, 3.63) is 69.3 Å². The van der Waals surface area contributed by atoms with Crippen LogP contribution in [0.2, 0.25) is 0 Å². The second kappa shape index (κ2) is 8.93. The average Bonchev–Trinajstić information content (AvgIpc) is 3.41. The summed E-state index contributed by atoms with van der Waals surface area (Å²) in [4.78, 5) is 25.3. The molecular formula is C24H17N3O4S. The number of aromatic carboxylic acids is 1. The number of carbonyl (C=O) groups is 2. The Bertz CT molecular complexity index is 1330. The first-order valence-electron chi connectivity index (χ1n) is 9.92. The zero-order chi connectivity index (χ0) is 22.7. The first-order valence-corrected chi connectivity index (χ1v) is 10.7. The van der Waals surface area contributed by atoms with Gasteiger partial charge in [-0.05, 0) is 49.4 Å². The molecule has 7 nitrogen and oxygen atoms in total. The third kappa shape index (κ3) is 4.04. The maximum atomic E-state index is 12.7. The lowest BCUT2D eigenvalue weighted by Crippen LogP contribution is -2.13. The SMILES string of the molecule is N#C/C(=C\c1ccc(-c2ccccc2C(=O)O)o1)C(=O)Nc1sc2c(c1C#N)CCCC2. The average molecular weight is 443 g/mol. The Morgan fingerprint density at radius 3 is 2.66 bits per heavy atom. The van der Waals surface area contributed by atoms with E-state index >= 15 is 0 Å². The van der Waals surface area contributed by atoms with Gasteiger partial charge >= 0.3 is 5.97 Å². The number of carboxylic acid groups (broad SMARTS) is 1. The predicted molar refractivity (Wildman–Crippen MR) is 119 cm³/mol. The highest BCUT2D eigenvalue weighted by atomic mass is 32.1. The molecule has 0 saturated carbocycles. The van der Waals surface area contributed by atoms with Crippen LogP contribution in [0.5, 0.6) is 0 Å². The van der Waals surface area contributed by atoms with Crippen molar-refractivity contribution in [3.8, 4) is 23.5 Å². The topological polar surface area (TPSA) is 127 Å². The van der Waals surface area contributed by atoms with Gasteiger partial charge in [0.1, 0.15) is 34.2 Å². The Kier molecular flexibility index (Phi) is 5.89. The van der Waals surface area contributed by atoms with Crippen LogP contribution in [0.3, 0.4) is 0 Å². The maximum absolute atomic E-state index is 12.7. The van der Waals surface area contributed by atoms with Crippen molar-refractivity contribution in [2.75, 3.05) is 5.32 Å². The molecule has 1 aliphatic rings. The molecule has 0 atom stereocenters. The van der Waals surface area contributed by atoms with Crippen LogP contribution >= 0.6 is 11.3 Å². The van der Waals surface area contributed by atoms with Crippen LogP contribution in [0.15, 0.2) is 46.4 Å². The molecule has 1 aliphatic carbocycles. The van der Waals surface area contributed by atoms with E-state index in [1.165, 1.54) is 23.5 Å². The zero-order valence-electron chi connectivity index (χ0n) is 16.8. The van der Waals surface area contributed by atoms with E-state index < -0.39 is 11.9 Å². The fourth-order valence-corrected chi connectivity index (χ4v) is 4.93. The summed E-state index contributed by atoms with van der Waals surface area (Å²) in [5.41, 5.74) is 1.76. The van der Waals surface area contributed by atoms with Crippen LogP contribution in [0, 0.1) is 22.7 Å². The third-order valence-electron chi connectivity index (χ3n) is 5.21. The minimum Gasteiger partial charge on any atom is -0.478 e. The summed E-state index contributed by atoms with van der Waals surface area (Å²) in [5, 5.41) is 31.6. The second-order valence-corrected chi connectivity index (χ2v) is 8.31. The van der Waals surface area contributed by atoms with E-state index in [2.05, 4.69) is 11.4 Å². The molecule has 8 heteroatoms. The highest BCUT2D eigenvalue weighted by molar-refractivity contribution is 7.16. The van der Waals surface area contributed by atoms with Crippen molar-refractivity contribution in [2.45, 2.75) is 25.7 Å². The van der Waals surface area contributed by atoms with Crippen molar-refractivity contribution in [2.24, 2.45) is 0 Å². The number of carbonyl (C=O) groups excluding carboxylic acids is 1. The molecule has 0 saturated heterocycles. The normalized spacial score (nSPS) is 13.0. The summed E-state index contributed by atoms with van der Waals surface area (Å²) in [6.45, 7) is 0. The molecule has 0 aliphatic heterocycles. The van der Waals surface area contributed by atoms with Gasteiger partial charge in [-0.3, -0.25) is 4.79 Å². The van der Waals surface area contributed by atoms with Crippen LogP contribution in [0.1, 0.15) is 45.0 Å². The number of hydrogen-bond acceptors (Lipinski definition) is 6.